The summed E-state index contributed by atoms with van der Waals surface area (Å²) >= 11 is 0. The van der Waals surface area contributed by atoms with Crippen LogP contribution in [0.1, 0.15) is 39.5 Å². The molecule has 1 aliphatic heterocycles. The van der Waals surface area contributed by atoms with Gasteiger partial charge in [-0.25, -0.2) is 0 Å². The van der Waals surface area contributed by atoms with E-state index in [1.807, 2.05) is 0 Å². The molecule has 3 nitrogen and oxygen atoms in total. The van der Waals surface area contributed by atoms with Crippen LogP contribution in [-0.4, -0.2) is 36.1 Å². The molecule has 1 fully saturated rings. The van der Waals surface area contributed by atoms with Gasteiger partial charge in [-0.3, -0.25) is 4.79 Å². The van der Waals surface area contributed by atoms with Crippen LogP contribution in [0.3, 0.4) is 0 Å². The molecule has 0 spiro atoms. The number of carboxylic acid groups (broad SMARTS) is 1. The van der Waals surface area contributed by atoms with Gasteiger partial charge in [-0.2, -0.15) is 0 Å². The molecule has 0 aromatic carbocycles. The zero-order valence-electron chi connectivity index (χ0n) is 10.1. The van der Waals surface area contributed by atoms with Gasteiger partial charge in [0.2, 0.25) is 0 Å². The fraction of sp³-hybridized carbons (Fsp3) is 0.917. The fourth-order valence-electron chi connectivity index (χ4n) is 2.70. The van der Waals surface area contributed by atoms with E-state index in [0.717, 1.165) is 13.0 Å². The number of nitrogens with zero attached hydrogens (tertiary/aromatic N) is 1. The number of aliphatic carboxylic acids is 1. The zero-order chi connectivity index (χ0) is 11.5. The third kappa shape index (κ3) is 4.65. The van der Waals surface area contributed by atoms with Crippen molar-refractivity contribution < 1.29 is 9.90 Å². The Morgan fingerprint density at radius 1 is 1.53 bits per heavy atom. The Labute approximate surface area is 92.5 Å². The smallest absolute Gasteiger partial charge is 0.303 e. The first-order chi connectivity index (χ1) is 6.89. The number of piperidine rings is 1. The Hall–Kier alpha value is -0.570. The van der Waals surface area contributed by atoms with Gasteiger partial charge in [0.05, 0.1) is 6.42 Å². The summed E-state index contributed by atoms with van der Waals surface area (Å²) < 4.78 is 0. The molecule has 1 N–H and O–H groups in total. The highest BCUT2D eigenvalue weighted by Gasteiger charge is 2.28. The molecule has 3 heteroatoms. The van der Waals surface area contributed by atoms with Crippen LogP contribution in [0.2, 0.25) is 0 Å². The fourth-order valence-corrected chi connectivity index (χ4v) is 2.70. The second-order valence-corrected chi connectivity index (χ2v) is 5.71. The Balaban J connectivity index is 2.41. The molecule has 1 heterocycles. The maximum absolute atomic E-state index is 10.7. The lowest BCUT2D eigenvalue weighted by Crippen LogP contribution is -2.34. The lowest BCUT2D eigenvalue weighted by atomic mass is 9.77. The summed E-state index contributed by atoms with van der Waals surface area (Å²) in [6, 6.07) is 0. The third-order valence-corrected chi connectivity index (χ3v) is 3.19. The summed E-state index contributed by atoms with van der Waals surface area (Å²) in [4.78, 5) is 13.1. The summed E-state index contributed by atoms with van der Waals surface area (Å²) in [6.45, 7) is 6.45. The van der Waals surface area contributed by atoms with E-state index in [-0.39, 0.29) is 11.8 Å². The number of carboxylic acids is 1. The van der Waals surface area contributed by atoms with Crippen molar-refractivity contribution >= 4 is 5.97 Å². The minimum absolute atomic E-state index is 0.0608. The van der Waals surface area contributed by atoms with Crippen molar-refractivity contribution in [2.75, 3.05) is 20.1 Å². The van der Waals surface area contributed by atoms with E-state index in [2.05, 4.69) is 25.8 Å². The molecule has 1 rings (SSSR count). The van der Waals surface area contributed by atoms with Crippen LogP contribution in [0.5, 0.6) is 0 Å². The molecule has 0 radical (unpaired) electrons. The first-order valence-electron chi connectivity index (χ1n) is 5.79. The van der Waals surface area contributed by atoms with E-state index in [4.69, 9.17) is 5.11 Å². The standard InChI is InChI=1S/C12H23NO2/c1-12(2,8-11(14)15)7-10-5-4-6-13(3)9-10/h10H,4-9H2,1-3H3,(H,14,15). The molecular formula is C12H23NO2. The highest BCUT2D eigenvalue weighted by Crippen LogP contribution is 2.33. The molecule has 0 aliphatic carbocycles. The van der Waals surface area contributed by atoms with Crippen LogP contribution < -0.4 is 0 Å². The SMILES string of the molecule is CN1CCCC(CC(C)(C)CC(=O)O)C1. The van der Waals surface area contributed by atoms with Crippen molar-refractivity contribution in [2.24, 2.45) is 11.3 Å². The molecule has 0 aromatic heterocycles. The average Bonchev–Trinajstić information content (AvgIpc) is 1.99. The number of rotatable bonds is 4. The average molecular weight is 213 g/mol. The van der Waals surface area contributed by atoms with E-state index in [0.29, 0.717) is 5.92 Å². The predicted molar refractivity (Wildman–Crippen MR) is 60.9 cm³/mol. The normalized spacial score (nSPS) is 24.1. The molecule has 0 saturated carbocycles. The van der Waals surface area contributed by atoms with Gasteiger partial charge >= 0.3 is 5.97 Å². The number of hydrogen-bond donors (Lipinski definition) is 1. The summed E-state index contributed by atoms with van der Waals surface area (Å²) in [5, 5.41) is 8.82. The number of likely N-dealkylation sites (tertiary alicyclic amines) is 1. The Bertz CT molecular complexity index is 226. The summed E-state index contributed by atoms with van der Waals surface area (Å²) in [6.07, 6.45) is 3.83. The maximum Gasteiger partial charge on any atom is 0.303 e. The van der Waals surface area contributed by atoms with Crippen molar-refractivity contribution in [1.82, 2.24) is 4.90 Å². The van der Waals surface area contributed by atoms with Gasteiger partial charge in [0.25, 0.3) is 0 Å². The van der Waals surface area contributed by atoms with Crippen LogP contribution >= 0.6 is 0 Å². The van der Waals surface area contributed by atoms with Crippen molar-refractivity contribution in [3.63, 3.8) is 0 Å². The number of hydrogen-bond acceptors (Lipinski definition) is 2. The van der Waals surface area contributed by atoms with E-state index >= 15 is 0 Å². The topological polar surface area (TPSA) is 40.5 Å². The lowest BCUT2D eigenvalue weighted by Gasteiger charge is -2.34. The summed E-state index contributed by atoms with van der Waals surface area (Å²) in [5.41, 5.74) is -0.0608. The van der Waals surface area contributed by atoms with Crippen LogP contribution in [0.4, 0.5) is 0 Å². The Morgan fingerprint density at radius 2 is 2.20 bits per heavy atom. The molecule has 0 amide bonds. The van der Waals surface area contributed by atoms with E-state index in [1.165, 1.54) is 19.4 Å². The second kappa shape index (κ2) is 4.97. The predicted octanol–water partition coefficient (Wildman–Crippen LogP) is 2.22. The molecule has 88 valence electrons. The lowest BCUT2D eigenvalue weighted by molar-refractivity contribution is -0.139. The van der Waals surface area contributed by atoms with Gasteiger partial charge in [0.15, 0.2) is 0 Å². The number of carbonyl (C=O) groups is 1. The first kappa shape index (κ1) is 12.5. The molecule has 1 unspecified atom stereocenters. The first-order valence-corrected chi connectivity index (χ1v) is 5.79. The molecular weight excluding hydrogens is 190 g/mol. The van der Waals surface area contributed by atoms with Crippen LogP contribution in [-0.2, 0) is 4.79 Å². The van der Waals surface area contributed by atoms with Crippen molar-refractivity contribution in [3.05, 3.63) is 0 Å². The van der Waals surface area contributed by atoms with Crippen LogP contribution in [0.15, 0.2) is 0 Å². The Kier molecular flexibility index (Phi) is 4.14. The van der Waals surface area contributed by atoms with Gasteiger partial charge < -0.3 is 10.0 Å². The van der Waals surface area contributed by atoms with Crippen LogP contribution in [0.25, 0.3) is 0 Å². The van der Waals surface area contributed by atoms with E-state index in [9.17, 15) is 4.79 Å². The van der Waals surface area contributed by atoms with Gasteiger partial charge in [-0.05, 0) is 44.2 Å². The van der Waals surface area contributed by atoms with Gasteiger partial charge in [0.1, 0.15) is 0 Å². The van der Waals surface area contributed by atoms with Gasteiger partial charge in [0, 0.05) is 6.54 Å². The molecule has 1 atom stereocenters. The molecule has 1 saturated heterocycles. The highest BCUT2D eigenvalue weighted by atomic mass is 16.4. The van der Waals surface area contributed by atoms with Crippen molar-refractivity contribution in [3.8, 4) is 0 Å². The summed E-state index contributed by atoms with van der Waals surface area (Å²) in [5.74, 6) is 0.00210. The van der Waals surface area contributed by atoms with Crippen LogP contribution in [0, 0.1) is 11.3 Å². The highest BCUT2D eigenvalue weighted by molar-refractivity contribution is 5.67. The van der Waals surface area contributed by atoms with Crippen molar-refractivity contribution in [2.45, 2.75) is 39.5 Å². The summed E-state index contributed by atoms with van der Waals surface area (Å²) in [7, 11) is 2.15. The maximum atomic E-state index is 10.7. The third-order valence-electron chi connectivity index (χ3n) is 3.19. The zero-order valence-corrected chi connectivity index (χ0v) is 10.1. The minimum atomic E-state index is -0.677. The largest absolute Gasteiger partial charge is 0.481 e. The quantitative estimate of drug-likeness (QED) is 0.778. The Morgan fingerprint density at radius 3 is 2.73 bits per heavy atom. The minimum Gasteiger partial charge on any atom is -0.481 e. The van der Waals surface area contributed by atoms with Gasteiger partial charge in [-0.1, -0.05) is 13.8 Å². The van der Waals surface area contributed by atoms with Crippen molar-refractivity contribution in [1.29, 1.82) is 0 Å². The molecule has 1 aliphatic rings. The molecule has 15 heavy (non-hydrogen) atoms. The monoisotopic (exact) mass is 213 g/mol. The van der Waals surface area contributed by atoms with E-state index in [1.54, 1.807) is 0 Å². The van der Waals surface area contributed by atoms with E-state index < -0.39 is 5.97 Å². The molecule has 0 aromatic rings. The van der Waals surface area contributed by atoms with Gasteiger partial charge in [-0.15, -0.1) is 0 Å². The second-order valence-electron chi connectivity index (χ2n) is 5.71. The molecule has 0 bridgehead atoms.